The molecule has 0 aliphatic heterocycles. The number of benzene rings is 1. The summed E-state index contributed by atoms with van der Waals surface area (Å²) in [5, 5.41) is 0.0212. The van der Waals surface area contributed by atoms with Crippen LogP contribution in [0.3, 0.4) is 0 Å². The molecule has 0 fully saturated rings. The first-order valence-corrected chi connectivity index (χ1v) is 10.5. The third kappa shape index (κ3) is 4.74. The van der Waals surface area contributed by atoms with Crippen LogP contribution in [0.25, 0.3) is 22.0 Å². The second kappa shape index (κ2) is 8.26. The number of rotatable bonds is 5. The van der Waals surface area contributed by atoms with E-state index < -0.39 is 26.9 Å². The maximum atomic E-state index is 12.8. The van der Waals surface area contributed by atoms with Crippen molar-refractivity contribution >= 4 is 26.9 Å². The number of aryl methyl sites for hydroxylation is 1. The van der Waals surface area contributed by atoms with Crippen LogP contribution in [0.1, 0.15) is 5.69 Å². The molecule has 12 heteroatoms. The summed E-state index contributed by atoms with van der Waals surface area (Å²) in [6.07, 6.45) is 1.42. The van der Waals surface area contributed by atoms with E-state index in [4.69, 9.17) is 0 Å². The number of pyridine rings is 2. The number of halogens is 3. The van der Waals surface area contributed by atoms with Crippen LogP contribution < -0.4 is 9.74 Å². The average Bonchev–Trinajstić information content (AvgIpc) is 2.67. The largest absolute Gasteiger partial charge is 0.534 e. The molecule has 0 radical (unpaired) electrons. The SMILES string of the molecule is Cc1cc(OS(=O)(=O)C(F)(F)F)c2cc(-c3ccn(CC(=O)N(C)C)c(=O)c3)ccc2n1. The van der Waals surface area contributed by atoms with E-state index in [0.29, 0.717) is 11.1 Å². The predicted molar refractivity (Wildman–Crippen MR) is 110 cm³/mol. The zero-order valence-electron chi connectivity index (χ0n) is 17.2. The first kappa shape index (κ1) is 23.3. The van der Waals surface area contributed by atoms with Gasteiger partial charge in [0, 0.05) is 43.5 Å². The number of nitrogens with zero attached hydrogens (tertiary/aromatic N) is 3. The van der Waals surface area contributed by atoms with Crippen LogP contribution in [0.4, 0.5) is 13.2 Å². The van der Waals surface area contributed by atoms with Gasteiger partial charge in [0.1, 0.15) is 6.54 Å². The van der Waals surface area contributed by atoms with Crippen LogP contribution in [-0.2, 0) is 21.5 Å². The lowest BCUT2D eigenvalue weighted by Crippen LogP contribution is -2.31. The van der Waals surface area contributed by atoms with E-state index >= 15 is 0 Å². The molecule has 32 heavy (non-hydrogen) atoms. The Labute approximate surface area is 181 Å². The van der Waals surface area contributed by atoms with Crippen LogP contribution in [0.15, 0.2) is 47.4 Å². The highest BCUT2D eigenvalue weighted by molar-refractivity contribution is 7.88. The number of carbonyl (C=O) groups excluding carboxylic acids is 1. The molecule has 0 saturated carbocycles. The van der Waals surface area contributed by atoms with Gasteiger partial charge in [0.25, 0.3) is 5.56 Å². The highest BCUT2D eigenvalue weighted by atomic mass is 32.2. The molecule has 2 heterocycles. The number of alkyl halides is 3. The molecule has 0 aliphatic rings. The zero-order chi connectivity index (χ0) is 23.8. The lowest BCUT2D eigenvalue weighted by atomic mass is 10.0. The van der Waals surface area contributed by atoms with E-state index in [1.807, 2.05) is 0 Å². The lowest BCUT2D eigenvalue weighted by molar-refractivity contribution is -0.129. The third-order valence-electron chi connectivity index (χ3n) is 4.52. The lowest BCUT2D eigenvalue weighted by Gasteiger charge is -2.13. The monoisotopic (exact) mass is 469 g/mol. The Hall–Kier alpha value is -3.41. The molecule has 3 aromatic rings. The van der Waals surface area contributed by atoms with Crippen molar-refractivity contribution in [1.82, 2.24) is 14.5 Å². The maximum Gasteiger partial charge on any atom is 0.534 e. The van der Waals surface area contributed by atoms with Crippen LogP contribution >= 0.6 is 0 Å². The molecular weight excluding hydrogens is 451 g/mol. The van der Waals surface area contributed by atoms with E-state index in [1.165, 1.54) is 40.8 Å². The topological polar surface area (TPSA) is 98.6 Å². The Morgan fingerprint density at radius 1 is 1.12 bits per heavy atom. The predicted octanol–water partition coefficient (Wildman–Crippen LogP) is 2.69. The van der Waals surface area contributed by atoms with E-state index in [0.717, 1.165) is 6.07 Å². The standard InChI is InChI=1S/C20H18F3N3O5S/c1-12-8-17(31-32(29,30)20(21,22)23)15-9-13(4-5-16(15)24-12)14-6-7-26(18(27)10-14)11-19(28)25(2)3/h4-10H,11H2,1-3H3. The molecule has 0 atom stereocenters. The van der Waals surface area contributed by atoms with Crippen LogP contribution in [0.2, 0.25) is 0 Å². The molecule has 1 aromatic carbocycles. The highest BCUT2D eigenvalue weighted by Gasteiger charge is 2.48. The van der Waals surface area contributed by atoms with Crippen molar-refractivity contribution in [1.29, 1.82) is 0 Å². The average molecular weight is 469 g/mol. The normalized spacial score (nSPS) is 12.1. The Morgan fingerprint density at radius 2 is 1.78 bits per heavy atom. The van der Waals surface area contributed by atoms with Gasteiger partial charge in [-0.3, -0.25) is 14.6 Å². The van der Waals surface area contributed by atoms with E-state index in [2.05, 4.69) is 9.17 Å². The summed E-state index contributed by atoms with van der Waals surface area (Å²) in [6, 6.07) is 8.35. The second-order valence-corrected chi connectivity index (χ2v) is 8.68. The summed E-state index contributed by atoms with van der Waals surface area (Å²) in [5.74, 6) is -0.809. The highest BCUT2D eigenvalue weighted by Crippen LogP contribution is 2.34. The van der Waals surface area contributed by atoms with Crippen molar-refractivity contribution in [2.45, 2.75) is 19.0 Å². The fourth-order valence-corrected chi connectivity index (χ4v) is 3.31. The molecule has 0 saturated heterocycles. The number of hydrogen-bond donors (Lipinski definition) is 0. The molecule has 0 aliphatic carbocycles. The van der Waals surface area contributed by atoms with Gasteiger partial charge in [-0.25, -0.2) is 0 Å². The van der Waals surface area contributed by atoms with E-state index in [-0.39, 0.29) is 29.0 Å². The summed E-state index contributed by atoms with van der Waals surface area (Å²) in [6.45, 7) is 1.33. The van der Waals surface area contributed by atoms with Gasteiger partial charge in [0.05, 0.1) is 5.52 Å². The maximum absolute atomic E-state index is 12.8. The molecular formula is C20H18F3N3O5S. The van der Waals surface area contributed by atoms with Gasteiger partial charge in [-0.2, -0.15) is 21.6 Å². The molecule has 1 amide bonds. The van der Waals surface area contributed by atoms with Crippen molar-refractivity contribution < 1.29 is 30.6 Å². The van der Waals surface area contributed by atoms with Gasteiger partial charge in [-0.1, -0.05) is 6.07 Å². The van der Waals surface area contributed by atoms with Crippen LogP contribution in [0, 0.1) is 6.92 Å². The fourth-order valence-electron chi connectivity index (χ4n) is 2.84. The summed E-state index contributed by atoms with van der Waals surface area (Å²) < 4.78 is 67.0. The van der Waals surface area contributed by atoms with Gasteiger partial charge in [-0.05, 0) is 36.2 Å². The van der Waals surface area contributed by atoms with Crippen molar-refractivity contribution in [2.24, 2.45) is 0 Å². The first-order valence-electron chi connectivity index (χ1n) is 9.12. The van der Waals surface area contributed by atoms with Crippen molar-refractivity contribution in [3.05, 3.63) is 58.6 Å². The number of likely N-dealkylation sites (N-methyl/N-ethyl adjacent to an activating group) is 1. The second-order valence-electron chi connectivity index (χ2n) is 7.15. The first-order chi connectivity index (χ1) is 14.8. The number of aromatic nitrogens is 2. The Kier molecular flexibility index (Phi) is 6.00. The molecule has 2 aromatic heterocycles. The van der Waals surface area contributed by atoms with Gasteiger partial charge < -0.3 is 13.7 Å². The Morgan fingerprint density at radius 3 is 2.38 bits per heavy atom. The summed E-state index contributed by atoms with van der Waals surface area (Å²) in [5.41, 5.74) is -4.76. The molecule has 8 nitrogen and oxygen atoms in total. The van der Waals surface area contributed by atoms with E-state index in [1.54, 1.807) is 26.2 Å². The minimum atomic E-state index is -5.88. The smallest absolute Gasteiger partial charge is 0.375 e. The third-order valence-corrected chi connectivity index (χ3v) is 5.48. The van der Waals surface area contributed by atoms with Crippen molar-refractivity contribution in [3.8, 4) is 16.9 Å². The summed E-state index contributed by atoms with van der Waals surface area (Å²) in [7, 11) is -2.76. The molecule has 170 valence electrons. The van der Waals surface area contributed by atoms with Gasteiger partial charge in [0.2, 0.25) is 5.91 Å². The number of amides is 1. The Balaban J connectivity index is 2.06. The molecule has 3 rings (SSSR count). The molecule has 0 spiro atoms. The summed E-state index contributed by atoms with van der Waals surface area (Å²) in [4.78, 5) is 29.7. The van der Waals surface area contributed by atoms with Gasteiger partial charge in [-0.15, -0.1) is 0 Å². The molecule has 0 bridgehead atoms. The number of carbonyl (C=O) groups is 1. The van der Waals surface area contributed by atoms with Gasteiger partial charge >= 0.3 is 15.6 Å². The number of fused-ring (bicyclic) bond motifs is 1. The van der Waals surface area contributed by atoms with Crippen molar-refractivity contribution in [3.63, 3.8) is 0 Å². The number of hydrogen-bond acceptors (Lipinski definition) is 6. The fraction of sp³-hybridized carbons (Fsp3) is 0.250. The van der Waals surface area contributed by atoms with E-state index in [9.17, 15) is 31.2 Å². The zero-order valence-corrected chi connectivity index (χ0v) is 18.0. The minimum Gasteiger partial charge on any atom is -0.375 e. The Bertz CT molecular complexity index is 1370. The minimum absolute atomic E-state index is 0.0212. The quantitative estimate of drug-likeness (QED) is 0.421. The summed E-state index contributed by atoms with van der Waals surface area (Å²) >= 11 is 0. The van der Waals surface area contributed by atoms with Crippen LogP contribution in [-0.4, -0.2) is 48.4 Å². The van der Waals surface area contributed by atoms with Gasteiger partial charge in [0.15, 0.2) is 5.75 Å². The van der Waals surface area contributed by atoms with Crippen molar-refractivity contribution in [2.75, 3.05) is 14.1 Å². The molecule has 0 N–H and O–H groups in total. The van der Waals surface area contributed by atoms with Crippen LogP contribution in [0.5, 0.6) is 5.75 Å². The molecule has 0 unspecified atom stereocenters.